The molecule has 0 unspecified atom stereocenters. The van der Waals surface area contributed by atoms with Gasteiger partial charge >= 0.3 is 0 Å². The molecule has 1 fully saturated rings. The fourth-order valence-corrected chi connectivity index (χ4v) is 4.58. The van der Waals surface area contributed by atoms with Crippen LogP contribution < -0.4 is 4.74 Å². The highest BCUT2D eigenvalue weighted by molar-refractivity contribution is 7.07. The van der Waals surface area contributed by atoms with Crippen molar-refractivity contribution in [2.24, 2.45) is 0 Å². The Morgan fingerprint density at radius 2 is 2.24 bits per heavy atom. The van der Waals surface area contributed by atoms with Gasteiger partial charge in [-0.25, -0.2) is 4.39 Å². The monoisotopic (exact) mass is 361 g/mol. The van der Waals surface area contributed by atoms with E-state index < -0.39 is 6.29 Å². The van der Waals surface area contributed by atoms with Crippen LogP contribution in [0, 0.1) is 5.82 Å². The molecular formula is C20H24FNO2S. The Hall–Kier alpha value is -1.43. The first-order chi connectivity index (χ1) is 12.2. The van der Waals surface area contributed by atoms with Gasteiger partial charge in [0.2, 0.25) is 6.29 Å². The van der Waals surface area contributed by atoms with E-state index in [2.05, 4.69) is 11.8 Å². The van der Waals surface area contributed by atoms with Gasteiger partial charge in [-0.05, 0) is 49.4 Å². The molecule has 0 bridgehead atoms. The molecule has 2 aliphatic rings. The van der Waals surface area contributed by atoms with Crippen LogP contribution in [0.2, 0.25) is 0 Å². The predicted molar refractivity (Wildman–Crippen MR) is 97.2 cm³/mol. The molecule has 0 N–H and O–H groups in total. The Bertz CT molecular complexity index is 719. The second-order valence-electron chi connectivity index (χ2n) is 6.90. The molecule has 0 radical (unpaired) electrons. The van der Waals surface area contributed by atoms with E-state index >= 15 is 0 Å². The van der Waals surface area contributed by atoms with Gasteiger partial charge in [0.05, 0.1) is 6.61 Å². The number of halogens is 1. The molecule has 1 saturated heterocycles. The van der Waals surface area contributed by atoms with Crippen molar-refractivity contribution in [2.45, 2.75) is 58.1 Å². The molecule has 2 atom stereocenters. The lowest BCUT2D eigenvalue weighted by Gasteiger charge is -2.36. The number of ether oxygens (including phenoxy) is 2. The minimum Gasteiger partial charge on any atom is -0.460 e. The summed E-state index contributed by atoms with van der Waals surface area (Å²) in [5.74, 6) is 0.601. The smallest absolute Gasteiger partial charge is 0.227 e. The maximum Gasteiger partial charge on any atom is 0.227 e. The molecule has 3 heterocycles. The summed E-state index contributed by atoms with van der Waals surface area (Å²) >= 11 is 1.62. The molecule has 134 valence electrons. The Labute approximate surface area is 152 Å². The van der Waals surface area contributed by atoms with Crippen LogP contribution in [0.5, 0.6) is 5.75 Å². The van der Waals surface area contributed by atoms with Gasteiger partial charge in [-0.2, -0.15) is 11.3 Å². The van der Waals surface area contributed by atoms with E-state index in [1.54, 1.807) is 17.4 Å². The average molecular weight is 361 g/mol. The van der Waals surface area contributed by atoms with Crippen molar-refractivity contribution < 1.29 is 13.9 Å². The van der Waals surface area contributed by atoms with Crippen LogP contribution in [0.25, 0.3) is 0 Å². The number of nitrogens with zero attached hydrogens (tertiary/aromatic N) is 1. The second kappa shape index (κ2) is 7.44. The minimum absolute atomic E-state index is 0.208. The highest BCUT2D eigenvalue weighted by Crippen LogP contribution is 2.38. The van der Waals surface area contributed by atoms with Crippen molar-refractivity contribution in [3.63, 3.8) is 0 Å². The van der Waals surface area contributed by atoms with Crippen LogP contribution in [0.3, 0.4) is 0 Å². The zero-order chi connectivity index (χ0) is 17.2. The van der Waals surface area contributed by atoms with Crippen molar-refractivity contribution in [1.82, 2.24) is 4.90 Å². The zero-order valence-electron chi connectivity index (χ0n) is 14.5. The van der Waals surface area contributed by atoms with E-state index in [1.807, 2.05) is 16.8 Å². The largest absolute Gasteiger partial charge is 0.460 e. The van der Waals surface area contributed by atoms with E-state index in [9.17, 15) is 4.39 Å². The second-order valence-corrected chi connectivity index (χ2v) is 7.68. The van der Waals surface area contributed by atoms with Crippen LogP contribution >= 0.6 is 11.3 Å². The number of rotatable bonds is 4. The van der Waals surface area contributed by atoms with Gasteiger partial charge in [-0.3, -0.25) is 4.90 Å². The van der Waals surface area contributed by atoms with Gasteiger partial charge in [0.1, 0.15) is 11.6 Å². The lowest BCUT2D eigenvalue weighted by molar-refractivity contribution is -0.112. The zero-order valence-corrected chi connectivity index (χ0v) is 15.4. The first kappa shape index (κ1) is 17.0. The van der Waals surface area contributed by atoms with Crippen molar-refractivity contribution in [3.05, 3.63) is 51.5 Å². The van der Waals surface area contributed by atoms with Crippen LogP contribution in [-0.2, 0) is 17.9 Å². The van der Waals surface area contributed by atoms with E-state index in [0.717, 1.165) is 42.0 Å². The topological polar surface area (TPSA) is 21.7 Å². The first-order valence-electron chi connectivity index (χ1n) is 9.10. The molecule has 0 spiro atoms. The van der Waals surface area contributed by atoms with E-state index in [1.165, 1.54) is 25.3 Å². The summed E-state index contributed by atoms with van der Waals surface area (Å²) in [6.45, 7) is 4.45. The fourth-order valence-electron chi connectivity index (χ4n) is 3.92. The molecular weight excluding hydrogens is 337 g/mol. The number of hydrogen-bond donors (Lipinski definition) is 0. The number of benzene rings is 1. The van der Waals surface area contributed by atoms with Gasteiger partial charge in [0, 0.05) is 34.7 Å². The molecule has 0 amide bonds. The summed E-state index contributed by atoms with van der Waals surface area (Å²) in [5, 5.41) is 4.05. The van der Waals surface area contributed by atoms with Gasteiger partial charge in [0.25, 0.3) is 0 Å². The third kappa shape index (κ3) is 3.59. The summed E-state index contributed by atoms with van der Waals surface area (Å²) in [7, 11) is 0. The molecule has 4 rings (SSSR count). The number of fused-ring (bicyclic) bond motifs is 1. The van der Waals surface area contributed by atoms with Gasteiger partial charge in [-0.1, -0.05) is 13.3 Å². The third-order valence-corrected chi connectivity index (χ3v) is 5.93. The van der Waals surface area contributed by atoms with Crippen LogP contribution in [0.4, 0.5) is 4.39 Å². The summed E-state index contributed by atoms with van der Waals surface area (Å²) in [6, 6.07) is 5.77. The molecule has 2 aliphatic heterocycles. The maximum absolute atomic E-state index is 14.1. The van der Waals surface area contributed by atoms with Crippen molar-refractivity contribution in [2.75, 3.05) is 6.54 Å². The Kier molecular flexibility index (Phi) is 5.06. The predicted octanol–water partition coefficient (Wildman–Crippen LogP) is 5.26. The van der Waals surface area contributed by atoms with Crippen molar-refractivity contribution >= 4 is 11.3 Å². The number of piperidine rings is 1. The number of likely N-dealkylation sites (tertiary alicyclic amines) is 1. The van der Waals surface area contributed by atoms with Gasteiger partial charge < -0.3 is 9.47 Å². The molecule has 25 heavy (non-hydrogen) atoms. The fraction of sp³-hybridized carbons (Fsp3) is 0.500. The lowest BCUT2D eigenvalue weighted by Crippen LogP contribution is -2.38. The number of thiophene rings is 1. The van der Waals surface area contributed by atoms with Crippen LogP contribution in [0.15, 0.2) is 29.0 Å². The average Bonchev–Trinajstić information content (AvgIpc) is 3.16. The SMILES string of the molecule is CC[C@H]1CCCCN1Cc1cc(F)cc2c1O[C@H](c1ccsc1)OC2. The molecule has 2 aromatic rings. The standard InChI is InChI=1S/C20H24FNO2S/c1-2-18-5-3-4-7-22(18)11-15-9-17(21)10-16-12-23-20(24-19(15)16)14-6-8-25-13-14/h6,8-10,13,18,20H,2-5,7,11-12H2,1H3/t18-,20+/m0/s1. The summed E-state index contributed by atoms with van der Waals surface area (Å²) < 4.78 is 26.1. The van der Waals surface area contributed by atoms with Crippen molar-refractivity contribution in [3.8, 4) is 5.75 Å². The molecule has 3 nitrogen and oxygen atoms in total. The van der Waals surface area contributed by atoms with Gasteiger partial charge in [0.15, 0.2) is 0 Å². The highest BCUT2D eigenvalue weighted by Gasteiger charge is 2.28. The third-order valence-electron chi connectivity index (χ3n) is 5.23. The summed E-state index contributed by atoms with van der Waals surface area (Å²) in [5.41, 5.74) is 2.78. The maximum atomic E-state index is 14.1. The Morgan fingerprint density at radius 3 is 3.04 bits per heavy atom. The molecule has 1 aromatic heterocycles. The van der Waals surface area contributed by atoms with Gasteiger partial charge in [-0.15, -0.1) is 0 Å². The normalized spacial score (nSPS) is 23.9. The minimum atomic E-state index is -0.397. The molecule has 0 saturated carbocycles. The first-order valence-corrected chi connectivity index (χ1v) is 10.0. The Morgan fingerprint density at radius 1 is 1.32 bits per heavy atom. The van der Waals surface area contributed by atoms with Crippen molar-refractivity contribution in [1.29, 1.82) is 0 Å². The molecule has 0 aliphatic carbocycles. The van der Waals surface area contributed by atoms with E-state index in [0.29, 0.717) is 12.6 Å². The Balaban J connectivity index is 1.61. The lowest BCUT2D eigenvalue weighted by atomic mass is 9.98. The summed E-state index contributed by atoms with van der Waals surface area (Å²) in [6.07, 6.45) is 4.48. The van der Waals surface area contributed by atoms with Crippen LogP contribution in [0.1, 0.15) is 55.6 Å². The van der Waals surface area contributed by atoms with Crippen LogP contribution in [-0.4, -0.2) is 17.5 Å². The van der Waals surface area contributed by atoms with E-state index in [4.69, 9.17) is 9.47 Å². The molecule has 1 aromatic carbocycles. The quantitative estimate of drug-likeness (QED) is 0.741. The van der Waals surface area contributed by atoms with E-state index in [-0.39, 0.29) is 5.82 Å². The molecule has 5 heteroatoms. The number of hydrogen-bond acceptors (Lipinski definition) is 4. The highest BCUT2D eigenvalue weighted by atomic mass is 32.1. The summed E-state index contributed by atoms with van der Waals surface area (Å²) in [4.78, 5) is 2.48.